The molecule has 1 aliphatic rings. The van der Waals surface area contributed by atoms with Crippen molar-refractivity contribution < 1.29 is 9.32 Å². The number of aromatic nitrogens is 4. The average molecular weight is 420 g/mol. The summed E-state index contributed by atoms with van der Waals surface area (Å²) in [5.41, 5.74) is 3.26. The molecule has 30 heavy (non-hydrogen) atoms. The van der Waals surface area contributed by atoms with Crippen LogP contribution in [-0.2, 0) is 6.42 Å². The summed E-state index contributed by atoms with van der Waals surface area (Å²) in [6.07, 6.45) is 2.68. The lowest BCUT2D eigenvalue weighted by Crippen LogP contribution is -2.40. The Morgan fingerprint density at radius 2 is 2.13 bits per heavy atom. The maximum absolute atomic E-state index is 13.0. The zero-order valence-electron chi connectivity index (χ0n) is 16.3. The van der Waals surface area contributed by atoms with Gasteiger partial charge in [0.25, 0.3) is 5.91 Å². The van der Waals surface area contributed by atoms with Crippen LogP contribution in [0.25, 0.3) is 22.6 Å². The molecule has 4 aromatic rings. The first-order valence-corrected chi connectivity index (χ1v) is 11.0. The van der Waals surface area contributed by atoms with E-state index in [4.69, 9.17) is 4.52 Å². The van der Waals surface area contributed by atoms with E-state index < -0.39 is 0 Å². The molecule has 1 saturated heterocycles. The molecule has 7 nitrogen and oxygen atoms in total. The number of nitrogens with zero attached hydrogens (tertiary/aromatic N) is 4. The van der Waals surface area contributed by atoms with E-state index in [9.17, 15) is 4.79 Å². The van der Waals surface area contributed by atoms with Crippen molar-refractivity contribution >= 4 is 17.2 Å². The normalized spacial score (nSPS) is 16.7. The highest BCUT2D eigenvalue weighted by Crippen LogP contribution is 2.25. The van der Waals surface area contributed by atoms with Gasteiger partial charge in [-0.2, -0.15) is 21.4 Å². The largest absolute Gasteiger partial charge is 0.339 e. The number of benzene rings is 1. The molecule has 0 saturated carbocycles. The van der Waals surface area contributed by atoms with Crippen molar-refractivity contribution in [2.24, 2.45) is 5.92 Å². The molecule has 1 aliphatic heterocycles. The summed E-state index contributed by atoms with van der Waals surface area (Å²) < 4.78 is 5.45. The molecule has 4 heterocycles. The van der Waals surface area contributed by atoms with Crippen LogP contribution in [-0.4, -0.2) is 44.2 Å². The van der Waals surface area contributed by atoms with E-state index >= 15 is 0 Å². The Morgan fingerprint density at radius 3 is 2.97 bits per heavy atom. The van der Waals surface area contributed by atoms with Gasteiger partial charge < -0.3 is 9.42 Å². The van der Waals surface area contributed by atoms with Crippen molar-refractivity contribution in [2.75, 3.05) is 13.1 Å². The topological polar surface area (TPSA) is 87.9 Å². The Bertz CT molecular complexity index is 1120. The van der Waals surface area contributed by atoms with Crippen LogP contribution in [0.5, 0.6) is 0 Å². The number of nitrogens with one attached hydrogen (secondary N) is 1. The molecule has 152 valence electrons. The molecule has 0 unspecified atom stereocenters. The molecule has 1 amide bonds. The highest BCUT2D eigenvalue weighted by molar-refractivity contribution is 7.08. The van der Waals surface area contributed by atoms with Gasteiger partial charge in [-0.1, -0.05) is 35.5 Å². The summed E-state index contributed by atoms with van der Waals surface area (Å²) in [7, 11) is 0. The van der Waals surface area contributed by atoms with Gasteiger partial charge in [-0.05, 0) is 36.3 Å². The van der Waals surface area contributed by atoms with Gasteiger partial charge in [0, 0.05) is 36.0 Å². The smallest absolute Gasteiger partial charge is 0.271 e. The third-order valence-corrected chi connectivity index (χ3v) is 6.08. The maximum Gasteiger partial charge on any atom is 0.271 e. The number of rotatable bonds is 5. The molecule has 3 aromatic heterocycles. The number of carbonyl (C=O) groups excluding carboxylic acids is 1. The van der Waals surface area contributed by atoms with E-state index in [0.29, 0.717) is 36.3 Å². The molecular formula is C22H21N5O2S. The number of hydrogen-bond acceptors (Lipinski definition) is 6. The second kappa shape index (κ2) is 8.23. The highest BCUT2D eigenvalue weighted by Gasteiger charge is 2.27. The molecule has 0 bridgehead atoms. The Labute approximate surface area is 177 Å². The summed E-state index contributed by atoms with van der Waals surface area (Å²) in [5, 5.41) is 15.3. The fraction of sp³-hybridized carbons (Fsp3) is 0.273. The predicted octanol–water partition coefficient (Wildman–Crippen LogP) is 4.28. The van der Waals surface area contributed by atoms with Crippen LogP contribution in [0, 0.1) is 5.92 Å². The van der Waals surface area contributed by atoms with Gasteiger partial charge in [0.15, 0.2) is 0 Å². The van der Waals surface area contributed by atoms with E-state index in [0.717, 1.165) is 36.2 Å². The summed E-state index contributed by atoms with van der Waals surface area (Å²) in [6.45, 7) is 1.42. The first kappa shape index (κ1) is 18.7. The Morgan fingerprint density at radius 1 is 1.23 bits per heavy atom. The van der Waals surface area contributed by atoms with E-state index in [1.54, 1.807) is 11.3 Å². The van der Waals surface area contributed by atoms with Gasteiger partial charge in [0.2, 0.25) is 11.7 Å². The minimum absolute atomic E-state index is 0.0149. The number of amides is 1. The molecule has 0 spiro atoms. The lowest BCUT2D eigenvalue weighted by molar-refractivity contribution is 0.0662. The van der Waals surface area contributed by atoms with Crippen molar-refractivity contribution in [2.45, 2.75) is 19.3 Å². The summed E-state index contributed by atoms with van der Waals surface area (Å²) in [4.78, 5) is 19.4. The number of carbonyl (C=O) groups is 1. The second-order valence-corrected chi connectivity index (χ2v) is 8.30. The lowest BCUT2D eigenvalue weighted by Gasteiger charge is -2.31. The molecule has 0 radical (unpaired) electrons. The van der Waals surface area contributed by atoms with Crippen LogP contribution in [0.1, 0.15) is 29.2 Å². The number of piperidine rings is 1. The molecule has 0 aliphatic carbocycles. The summed E-state index contributed by atoms with van der Waals surface area (Å²) in [6, 6.07) is 13.7. The van der Waals surface area contributed by atoms with Crippen molar-refractivity contribution in [3.05, 3.63) is 64.8 Å². The van der Waals surface area contributed by atoms with E-state index in [1.165, 1.54) is 0 Å². The van der Waals surface area contributed by atoms with E-state index in [1.807, 2.05) is 58.1 Å². The Hall–Kier alpha value is -3.26. The van der Waals surface area contributed by atoms with Gasteiger partial charge >= 0.3 is 0 Å². The fourth-order valence-electron chi connectivity index (χ4n) is 3.87. The van der Waals surface area contributed by atoms with Crippen molar-refractivity contribution in [3.63, 3.8) is 0 Å². The lowest BCUT2D eigenvalue weighted by atomic mass is 9.94. The van der Waals surface area contributed by atoms with Crippen LogP contribution >= 0.6 is 11.3 Å². The van der Waals surface area contributed by atoms with Gasteiger partial charge in [-0.3, -0.25) is 9.89 Å². The molecule has 5 rings (SSSR count). The first-order valence-electron chi connectivity index (χ1n) is 10.0. The Balaban J connectivity index is 1.24. The molecule has 1 fully saturated rings. The zero-order valence-corrected chi connectivity index (χ0v) is 17.1. The number of H-pyrrole nitrogens is 1. The third kappa shape index (κ3) is 3.91. The zero-order chi connectivity index (χ0) is 20.3. The van der Waals surface area contributed by atoms with Crippen molar-refractivity contribution in [3.8, 4) is 22.6 Å². The second-order valence-electron chi connectivity index (χ2n) is 7.52. The molecular weight excluding hydrogens is 398 g/mol. The highest BCUT2D eigenvalue weighted by atomic mass is 32.1. The first-order chi connectivity index (χ1) is 14.8. The summed E-state index contributed by atoms with van der Waals surface area (Å²) in [5.74, 6) is 1.54. The van der Waals surface area contributed by atoms with Gasteiger partial charge in [0.1, 0.15) is 5.69 Å². The van der Waals surface area contributed by atoms with Gasteiger partial charge in [-0.25, -0.2) is 0 Å². The molecule has 1 atom stereocenters. The maximum atomic E-state index is 13.0. The molecule has 8 heteroatoms. The van der Waals surface area contributed by atoms with E-state index in [2.05, 4.69) is 20.3 Å². The van der Waals surface area contributed by atoms with Crippen LogP contribution in [0.2, 0.25) is 0 Å². The number of likely N-dealkylation sites (tertiary alicyclic amines) is 1. The molecule has 1 N–H and O–H groups in total. The van der Waals surface area contributed by atoms with Crippen LogP contribution < -0.4 is 0 Å². The quantitative estimate of drug-likeness (QED) is 0.522. The predicted molar refractivity (Wildman–Crippen MR) is 114 cm³/mol. The molecule has 1 aromatic carbocycles. The van der Waals surface area contributed by atoms with Crippen LogP contribution in [0.4, 0.5) is 0 Å². The minimum Gasteiger partial charge on any atom is -0.339 e. The SMILES string of the molecule is O=C(c1cc(-c2ccccc2)n[nH]1)N1CCC[C@H](Cc2nc(-c3ccsc3)no2)C1. The standard InChI is InChI=1S/C22H21N5O2S/c28-22(19-12-18(24-25-19)16-6-2-1-3-7-16)27-9-4-5-15(13-27)11-20-23-21(26-29-20)17-8-10-30-14-17/h1-3,6-8,10,12,14-15H,4-5,9,11,13H2,(H,24,25)/t15-/m1/s1. The van der Waals surface area contributed by atoms with Crippen molar-refractivity contribution in [1.82, 2.24) is 25.2 Å². The number of aromatic amines is 1. The monoisotopic (exact) mass is 419 g/mol. The third-order valence-electron chi connectivity index (χ3n) is 5.39. The summed E-state index contributed by atoms with van der Waals surface area (Å²) >= 11 is 1.61. The van der Waals surface area contributed by atoms with Gasteiger partial charge in [-0.15, -0.1) is 0 Å². The minimum atomic E-state index is -0.0149. The fourth-order valence-corrected chi connectivity index (χ4v) is 4.50. The van der Waals surface area contributed by atoms with E-state index in [-0.39, 0.29) is 5.91 Å². The van der Waals surface area contributed by atoms with Crippen LogP contribution in [0.15, 0.2) is 57.7 Å². The van der Waals surface area contributed by atoms with Crippen LogP contribution in [0.3, 0.4) is 0 Å². The average Bonchev–Trinajstić information content (AvgIpc) is 3.55. The number of thiophene rings is 1. The number of hydrogen-bond donors (Lipinski definition) is 1. The van der Waals surface area contributed by atoms with Crippen molar-refractivity contribution in [1.29, 1.82) is 0 Å². The Kier molecular flexibility index (Phi) is 5.15. The van der Waals surface area contributed by atoms with Gasteiger partial charge in [0.05, 0.1) is 5.69 Å².